The molecule has 1 fully saturated rings. The number of aliphatic carboxylic acids is 1. The van der Waals surface area contributed by atoms with E-state index < -0.39 is 5.97 Å². The molecule has 3 nitrogen and oxygen atoms in total. The highest BCUT2D eigenvalue weighted by atomic mass is 16.4. The molecule has 0 saturated heterocycles. The highest BCUT2D eigenvalue weighted by Crippen LogP contribution is 2.23. The van der Waals surface area contributed by atoms with E-state index in [0.717, 1.165) is 12.5 Å². The molecule has 2 N–H and O–H groups in total. The first-order valence-corrected chi connectivity index (χ1v) is 5.13. The molecular formula is C10H19NO2. The monoisotopic (exact) mass is 185 g/mol. The second-order valence-corrected chi connectivity index (χ2v) is 4.06. The Balaban J connectivity index is 2.06. The van der Waals surface area contributed by atoms with E-state index in [1.54, 1.807) is 0 Å². The SMILES string of the molecule is CC(CC(=O)O)NCC1CCCC1. The van der Waals surface area contributed by atoms with Crippen LogP contribution < -0.4 is 5.32 Å². The summed E-state index contributed by atoms with van der Waals surface area (Å²) in [6.45, 7) is 2.93. The van der Waals surface area contributed by atoms with Gasteiger partial charge in [-0.3, -0.25) is 4.79 Å². The lowest BCUT2D eigenvalue weighted by molar-refractivity contribution is -0.137. The van der Waals surface area contributed by atoms with Crippen LogP contribution in [0.25, 0.3) is 0 Å². The lowest BCUT2D eigenvalue weighted by Gasteiger charge is -2.15. The van der Waals surface area contributed by atoms with Crippen molar-refractivity contribution >= 4 is 5.97 Å². The molecule has 1 unspecified atom stereocenters. The molecule has 1 aliphatic rings. The van der Waals surface area contributed by atoms with Crippen LogP contribution in [0.4, 0.5) is 0 Å². The number of carbonyl (C=O) groups is 1. The zero-order valence-corrected chi connectivity index (χ0v) is 8.25. The summed E-state index contributed by atoms with van der Waals surface area (Å²) in [5.74, 6) is 0.0719. The maximum atomic E-state index is 10.4. The van der Waals surface area contributed by atoms with Crippen LogP contribution >= 0.6 is 0 Å². The highest BCUT2D eigenvalue weighted by Gasteiger charge is 2.15. The average Bonchev–Trinajstić information content (AvgIpc) is 2.51. The van der Waals surface area contributed by atoms with E-state index in [9.17, 15) is 4.79 Å². The minimum atomic E-state index is -0.716. The van der Waals surface area contributed by atoms with Crippen LogP contribution in [-0.4, -0.2) is 23.7 Å². The van der Waals surface area contributed by atoms with E-state index in [-0.39, 0.29) is 12.5 Å². The molecule has 3 heteroatoms. The fourth-order valence-electron chi connectivity index (χ4n) is 1.92. The first-order chi connectivity index (χ1) is 6.18. The Morgan fingerprint density at radius 1 is 1.54 bits per heavy atom. The summed E-state index contributed by atoms with van der Waals surface area (Å²) >= 11 is 0. The van der Waals surface area contributed by atoms with Crippen LogP contribution in [0.2, 0.25) is 0 Å². The predicted molar refractivity (Wildman–Crippen MR) is 51.7 cm³/mol. The molecule has 1 aliphatic carbocycles. The van der Waals surface area contributed by atoms with Crippen molar-refractivity contribution in [3.8, 4) is 0 Å². The number of hydrogen-bond acceptors (Lipinski definition) is 2. The Kier molecular flexibility index (Phi) is 4.22. The fraction of sp³-hybridized carbons (Fsp3) is 0.900. The molecular weight excluding hydrogens is 166 g/mol. The molecule has 0 aromatic heterocycles. The van der Waals surface area contributed by atoms with E-state index in [0.29, 0.717) is 0 Å². The summed E-state index contributed by atoms with van der Waals surface area (Å²) in [5, 5.41) is 11.8. The van der Waals surface area contributed by atoms with Crippen molar-refractivity contribution in [2.45, 2.75) is 45.1 Å². The molecule has 0 aromatic rings. The molecule has 0 bridgehead atoms. The van der Waals surface area contributed by atoms with Crippen LogP contribution in [0, 0.1) is 5.92 Å². The van der Waals surface area contributed by atoms with Crippen molar-refractivity contribution in [1.29, 1.82) is 0 Å². The van der Waals surface area contributed by atoms with Crippen molar-refractivity contribution < 1.29 is 9.90 Å². The lowest BCUT2D eigenvalue weighted by atomic mass is 10.1. The average molecular weight is 185 g/mol. The normalized spacial score (nSPS) is 20.4. The van der Waals surface area contributed by atoms with E-state index in [4.69, 9.17) is 5.11 Å². The smallest absolute Gasteiger partial charge is 0.304 e. The molecule has 0 aliphatic heterocycles. The summed E-state index contributed by atoms with van der Waals surface area (Å²) < 4.78 is 0. The molecule has 0 radical (unpaired) electrons. The van der Waals surface area contributed by atoms with Crippen molar-refractivity contribution in [3.63, 3.8) is 0 Å². The van der Waals surface area contributed by atoms with Crippen molar-refractivity contribution in [2.75, 3.05) is 6.54 Å². The quantitative estimate of drug-likeness (QED) is 0.684. The van der Waals surface area contributed by atoms with Crippen LogP contribution in [0.15, 0.2) is 0 Å². The van der Waals surface area contributed by atoms with Crippen LogP contribution in [0.5, 0.6) is 0 Å². The Morgan fingerprint density at radius 2 is 2.15 bits per heavy atom. The van der Waals surface area contributed by atoms with Gasteiger partial charge in [0.2, 0.25) is 0 Å². The van der Waals surface area contributed by atoms with E-state index in [1.807, 2.05) is 6.92 Å². The first-order valence-electron chi connectivity index (χ1n) is 5.13. The lowest BCUT2D eigenvalue weighted by Crippen LogP contribution is -2.32. The minimum Gasteiger partial charge on any atom is -0.481 e. The topological polar surface area (TPSA) is 49.3 Å². The van der Waals surface area contributed by atoms with Gasteiger partial charge in [-0.1, -0.05) is 12.8 Å². The van der Waals surface area contributed by atoms with Crippen LogP contribution in [-0.2, 0) is 4.79 Å². The van der Waals surface area contributed by atoms with E-state index >= 15 is 0 Å². The molecule has 0 heterocycles. The number of nitrogens with one attached hydrogen (secondary N) is 1. The van der Waals surface area contributed by atoms with Crippen LogP contribution in [0.3, 0.4) is 0 Å². The van der Waals surface area contributed by atoms with Crippen molar-refractivity contribution in [1.82, 2.24) is 5.32 Å². The van der Waals surface area contributed by atoms with Gasteiger partial charge in [-0.15, -0.1) is 0 Å². The summed E-state index contributed by atoms with van der Waals surface area (Å²) in [5.41, 5.74) is 0. The third-order valence-corrected chi connectivity index (χ3v) is 2.71. The Bertz CT molecular complexity index is 164. The number of hydrogen-bond donors (Lipinski definition) is 2. The van der Waals surface area contributed by atoms with Gasteiger partial charge in [0, 0.05) is 6.04 Å². The number of rotatable bonds is 5. The second kappa shape index (κ2) is 5.22. The van der Waals surface area contributed by atoms with Gasteiger partial charge in [0.1, 0.15) is 0 Å². The summed E-state index contributed by atoms with van der Waals surface area (Å²) in [4.78, 5) is 10.4. The third-order valence-electron chi connectivity index (χ3n) is 2.71. The van der Waals surface area contributed by atoms with Gasteiger partial charge in [-0.05, 0) is 32.2 Å². The molecule has 0 amide bonds. The summed E-state index contributed by atoms with van der Waals surface area (Å²) in [7, 11) is 0. The maximum absolute atomic E-state index is 10.4. The van der Waals surface area contributed by atoms with E-state index in [2.05, 4.69) is 5.32 Å². The molecule has 0 aromatic carbocycles. The third kappa shape index (κ3) is 4.27. The molecule has 0 spiro atoms. The predicted octanol–water partition coefficient (Wildman–Crippen LogP) is 1.63. The summed E-state index contributed by atoms with van der Waals surface area (Å²) in [6, 6.07) is 0.109. The zero-order chi connectivity index (χ0) is 9.68. The van der Waals surface area contributed by atoms with Gasteiger partial charge in [0.15, 0.2) is 0 Å². The van der Waals surface area contributed by atoms with Crippen LogP contribution in [0.1, 0.15) is 39.0 Å². The van der Waals surface area contributed by atoms with Gasteiger partial charge in [-0.25, -0.2) is 0 Å². The molecule has 76 valence electrons. The van der Waals surface area contributed by atoms with Gasteiger partial charge in [0.05, 0.1) is 6.42 Å². The zero-order valence-electron chi connectivity index (χ0n) is 8.25. The van der Waals surface area contributed by atoms with Gasteiger partial charge >= 0.3 is 5.97 Å². The molecule has 1 rings (SSSR count). The first kappa shape index (κ1) is 10.5. The summed E-state index contributed by atoms with van der Waals surface area (Å²) in [6.07, 6.45) is 5.55. The Hall–Kier alpha value is -0.570. The molecule has 13 heavy (non-hydrogen) atoms. The standard InChI is InChI=1S/C10H19NO2/c1-8(6-10(12)13)11-7-9-4-2-3-5-9/h8-9,11H,2-7H2,1H3,(H,12,13). The highest BCUT2D eigenvalue weighted by molar-refractivity contribution is 5.67. The van der Waals surface area contributed by atoms with Crippen molar-refractivity contribution in [3.05, 3.63) is 0 Å². The Morgan fingerprint density at radius 3 is 2.69 bits per heavy atom. The maximum Gasteiger partial charge on any atom is 0.304 e. The largest absolute Gasteiger partial charge is 0.481 e. The van der Waals surface area contributed by atoms with Gasteiger partial charge in [-0.2, -0.15) is 0 Å². The minimum absolute atomic E-state index is 0.109. The fourth-order valence-corrected chi connectivity index (χ4v) is 1.92. The van der Waals surface area contributed by atoms with Gasteiger partial charge < -0.3 is 10.4 Å². The molecule has 1 saturated carbocycles. The van der Waals surface area contributed by atoms with Gasteiger partial charge in [0.25, 0.3) is 0 Å². The number of carboxylic acid groups (broad SMARTS) is 1. The number of carboxylic acids is 1. The van der Waals surface area contributed by atoms with E-state index in [1.165, 1.54) is 25.7 Å². The van der Waals surface area contributed by atoms with Crippen molar-refractivity contribution in [2.24, 2.45) is 5.92 Å². The Labute approximate surface area is 79.5 Å². The molecule has 1 atom stereocenters. The second-order valence-electron chi connectivity index (χ2n) is 4.06.